The van der Waals surface area contributed by atoms with Gasteiger partial charge in [-0.2, -0.15) is 0 Å². The molecule has 1 aromatic heterocycles. The lowest BCUT2D eigenvalue weighted by molar-refractivity contribution is 0.101. The molecule has 4 rings (SSSR count). The molecule has 0 spiro atoms. The van der Waals surface area contributed by atoms with Gasteiger partial charge < -0.3 is 9.42 Å². The molecule has 0 atom stereocenters. The van der Waals surface area contributed by atoms with Crippen molar-refractivity contribution < 1.29 is 13.7 Å². The minimum Gasteiger partial charge on any atom is -0.367 e. The van der Waals surface area contributed by atoms with Gasteiger partial charge in [0.05, 0.1) is 12.2 Å². The molecule has 0 aliphatic carbocycles. The first-order valence-electron chi connectivity index (χ1n) is 9.49. The molecule has 1 fully saturated rings. The summed E-state index contributed by atoms with van der Waals surface area (Å²) in [5.74, 6) is 0.305. The van der Waals surface area contributed by atoms with Crippen LogP contribution in [0.4, 0.5) is 10.1 Å². The second-order valence-electron chi connectivity index (χ2n) is 7.17. The molecule has 0 saturated carbocycles. The normalized spacial score (nSPS) is 14.9. The first kappa shape index (κ1) is 19.6. The number of ketones is 1. The Hall–Kier alpha value is -2.70. The molecule has 0 amide bonds. The number of nitrogens with zero attached hydrogens (tertiary/aromatic N) is 3. The van der Waals surface area contributed by atoms with Crippen LogP contribution in [0.5, 0.6) is 0 Å². The lowest BCUT2D eigenvalue weighted by atomic mass is 10.1. The SMILES string of the molecule is CC(=O)c1ccc(N2CCN(Cc3cc(-c4ccc(Cl)cc4)no3)CC2)c(F)c1. The van der Waals surface area contributed by atoms with Crippen LogP contribution in [-0.4, -0.2) is 42.0 Å². The first-order valence-corrected chi connectivity index (χ1v) is 9.87. The Balaban J connectivity index is 1.36. The zero-order valence-electron chi connectivity index (χ0n) is 16.1. The van der Waals surface area contributed by atoms with Gasteiger partial charge in [0.2, 0.25) is 0 Å². The average molecular weight is 414 g/mol. The predicted octanol–water partition coefficient (Wildman–Crippen LogP) is 4.66. The van der Waals surface area contributed by atoms with Gasteiger partial charge in [-0.05, 0) is 37.3 Å². The summed E-state index contributed by atoms with van der Waals surface area (Å²) >= 11 is 5.93. The van der Waals surface area contributed by atoms with Crippen LogP contribution in [0.25, 0.3) is 11.3 Å². The Morgan fingerprint density at radius 2 is 1.83 bits per heavy atom. The lowest BCUT2D eigenvalue weighted by Crippen LogP contribution is -2.46. The second-order valence-corrected chi connectivity index (χ2v) is 7.61. The van der Waals surface area contributed by atoms with Crippen LogP contribution in [0.1, 0.15) is 23.0 Å². The third-order valence-electron chi connectivity index (χ3n) is 5.15. The molecular formula is C22H21ClFN3O2. The molecule has 2 heterocycles. The van der Waals surface area contributed by atoms with E-state index in [-0.39, 0.29) is 11.6 Å². The van der Waals surface area contributed by atoms with Gasteiger partial charge in [0.25, 0.3) is 0 Å². The Morgan fingerprint density at radius 1 is 1.10 bits per heavy atom. The van der Waals surface area contributed by atoms with Crippen molar-refractivity contribution >= 4 is 23.1 Å². The summed E-state index contributed by atoms with van der Waals surface area (Å²) in [6.07, 6.45) is 0. The molecular weight excluding hydrogens is 393 g/mol. The van der Waals surface area contributed by atoms with Gasteiger partial charge in [0, 0.05) is 48.4 Å². The second kappa shape index (κ2) is 8.35. The summed E-state index contributed by atoms with van der Waals surface area (Å²) in [5, 5.41) is 4.83. The summed E-state index contributed by atoms with van der Waals surface area (Å²) in [6, 6.07) is 14.1. The lowest BCUT2D eigenvalue weighted by Gasteiger charge is -2.35. The summed E-state index contributed by atoms with van der Waals surface area (Å²) < 4.78 is 19.9. The standard InChI is InChI=1S/C22H21ClFN3O2/c1-15(28)17-4-7-22(20(24)12-17)27-10-8-26(9-11-27)14-19-13-21(25-29-19)16-2-5-18(23)6-3-16/h2-7,12-13H,8-11,14H2,1H3. The van der Waals surface area contributed by atoms with E-state index in [2.05, 4.69) is 10.1 Å². The molecule has 0 N–H and O–H groups in total. The summed E-state index contributed by atoms with van der Waals surface area (Å²) in [4.78, 5) is 15.7. The highest BCUT2D eigenvalue weighted by atomic mass is 35.5. The number of aromatic nitrogens is 1. The van der Waals surface area contributed by atoms with Crippen LogP contribution in [0, 0.1) is 5.82 Å². The van der Waals surface area contributed by atoms with E-state index in [9.17, 15) is 9.18 Å². The van der Waals surface area contributed by atoms with Crippen LogP contribution in [-0.2, 0) is 6.54 Å². The molecule has 0 radical (unpaired) electrons. The maximum Gasteiger partial charge on any atom is 0.159 e. The largest absolute Gasteiger partial charge is 0.367 e. The number of carbonyl (C=O) groups is 1. The number of hydrogen-bond acceptors (Lipinski definition) is 5. The molecule has 2 aromatic carbocycles. The predicted molar refractivity (Wildman–Crippen MR) is 111 cm³/mol. The maximum absolute atomic E-state index is 14.4. The van der Waals surface area contributed by atoms with Gasteiger partial charge in [-0.15, -0.1) is 0 Å². The first-order chi connectivity index (χ1) is 14.0. The monoisotopic (exact) mass is 413 g/mol. The van der Waals surface area contributed by atoms with E-state index in [4.69, 9.17) is 16.1 Å². The quantitative estimate of drug-likeness (QED) is 0.569. The number of hydrogen-bond donors (Lipinski definition) is 0. The zero-order chi connectivity index (χ0) is 20.4. The van der Waals surface area contributed by atoms with Crippen molar-refractivity contribution in [2.24, 2.45) is 0 Å². The van der Waals surface area contributed by atoms with Crippen LogP contribution in [0.2, 0.25) is 5.02 Å². The maximum atomic E-state index is 14.4. The smallest absolute Gasteiger partial charge is 0.159 e. The van der Waals surface area contributed by atoms with E-state index in [1.165, 1.54) is 13.0 Å². The van der Waals surface area contributed by atoms with Crippen molar-refractivity contribution in [3.63, 3.8) is 0 Å². The third-order valence-corrected chi connectivity index (χ3v) is 5.40. The van der Waals surface area contributed by atoms with Gasteiger partial charge >= 0.3 is 0 Å². The van der Waals surface area contributed by atoms with E-state index in [1.54, 1.807) is 12.1 Å². The fourth-order valence-electron chi connectivity index (χ4n) is 3.49. The fourth-order valence-corrected chi connectivity index (χ4v) is 3.62. The third kappa shape index (κ3) is 4.49. The molecule has 1 aliphatic rings. The Bertz CT molecular complexity index is 1010. The summed E-state index contributed by atoms with van der Waals surface area (Å²) in [7, 11) is 0. The number of benzene rings is 2. The molecule has 5 nitrogen and oxygen atoms in total. The molecule has 150 valence electrons. The Morgan fingerprint density at radius 3 is 2.48 bits per heavy atom. The van der Waals surface area contributed by atoms with Gasteiger partial charge in [-0.25, -0.2) is 4.39 Å². The van der Waals surface area contributed by atoms with E-state index < -0.39 is 0 Å². The molecule has 0 bridgehead atoms. The van der Waals surface area contributed by atoms with Crippen LogP contribution < -0.4 is 4.90 Å². The van der Waals surface area contributed by atoms with Crippen molar-refractivity contribution in [2.75, 3.05) is 31.1 Å². The molecule has 3 aromatic rings. The zero-order valence-corrected chi connectivity index (χ0v) is 16.8. The number of carbonyl (C=O) groups excluding carboxylic acids is 1. The van der Waals surface area contributed by atoms with Gasteiger partial charge in [-0.1, -0.05) is 28.9 Å². The summed E-state index contributed by atoms with van der Waals surface area (Å²) in [5.41, 5.74) is 2.67. The number of piperazine rings is 1. The molecule has 0 unspecified atom stereocenters. The highest BCUT2D eigenvalue weighted by Crippen LogP contribution is 2.24. The van der Waals surface area contributed by atoms with Crippen molar-refractivity contribution in [1.29, 1.82) is 0 Å². The van der Waals surface area contributed by atoms with E-state index in [1.807, 2.05) is 35.2 Å². The molecule has 7 heteroatoms. The minimum absolute atomic E-state index is 0.134. The minimum atomic E-state index is -0.353. The van der Waals surface area contributed by atoms with Crippen molar-refractivity contribution in [1.82, 2.24) is 10.1 Å². The average Bonchev–Trinajstić information content (AvgIpc) is 3.17. The Labute approximate surface area is 173 Å². The number of Topliss-reactive ketones (excluding diaryl/α,β-unsaturated/α-hetero) is 1. The van der Waals surface area contributed by atoms with E-state index in [0.29, 0.717) is 35.9 Å². The topological polar surface area (TPSA) is 49.6 Å². The van der Waals surface area contributed by atoms with Crippen LogP contribution in [0.3, 0.4) is 0 Å². The van der Waals surface area contributed by atoms with Gasteiger partial charge in [-0.3, -0.25) is 9.69 Å². The van der Waals surface area contributed by atoms with Crippen molar-refractivity contribution in [2.45, 2.75) is 13.5 Å². The molecule has 29 heavy (non-hydrogen) atoms. The highest BCUT2D eigenvalue weighted by molar-refractivity contribution is 6.30. The van der Waals surface area contributed by atoms with Gasteiger partial charge in [0.1, 0.15) is 11.5 Å². The number of rotatable bonds is 5. The molecule has 1 saturated heterocycles. The summed E-state index contributed by atoms with van der Waals surface area (Å²) in [6.45, 7) is 5.06. The van der Waals surface area contributed by atoms with Crippen LogP contribution in [0.15, 0.2) is 53.1 Å². The highest BCUT2D eigenvalue weighted by Gasteiger charge is 2.21. The van der Waals surface area contributed by atoms with E-state index in [0.717, 1.165) is 30.1 Å². The van der Waals surface area contributed by atoms with Crippen LogP contribution >= 0.6 is 11.6 Å². The van der Waals surface area contributed by atoms with Crippen molar-refractivity contribution in [3.8, 4) is 11.3 Å². The van der Waals surface area contributed by atoms with Gasteiger partial charge in [0.15, 0.2) is 11.5 Å². The Kier molecular flexibility index (Phi) is 5.65. The van der Waals surface area contributed by atoms with E-state index >= 15 is 0 Å². The van der Waals surface area contributed by atoms with Crippen molar-refractivity contribution in [3.05, 3.63) is 70.7 Å². The number of anilines is 1. The molecule has 1 aliphatic heterocycles. The fraction of sp³-hybridized carbons (Fsp3) is 0.273. The number of halogens is 2.